The van der Waals surface area contributed by atoms with Crippen LogP contribution in [0.5, 0.6) is 0 Å². The van der Waals surface area contributed by atoms with E-state index in [0.29, 0.717) is 5.56 Å². The van der Waals surface area contributed by atoms with Crippen LogP contribution in [0.4, 0.5) is 0 Å². The predicted molar refractivity (Wildman–Crippen MR) is 31.3 cm³/mol. The zero-order chi connectivity index (χ0) is 5.98. The molecule has 0 fully saturated rings. The standard InChI is InChI=1S/C4H4ClN3/c5-4(6)3-1-7-8-2-3/h1-2,6H,(H,7,8). The second-order valence-corrected chi connectivity index (χ2v) is 1.68. The van der Waals surface area contributed by atoms with Gasteiger partial charge in [-0.05, 0) is 0 Å². The predicted octanol–water partition coefficient (Wildman–Crippen LogP) is 0.974. The molecule has 0 spiro atoms. The van der Waals surface area contributed by atoms with E-state index in [1.807, 2.05) is 0 Å². The third-order valence-corrected chi connectivity index (χ3v) is 0.970. The van der Waals surface area contributed by atoms with E-state index in [0.717, 1.165) is 0 Å². The fourth-order valence-corrected chi connectivity index (χ4v) is 0.474. The Hall–Kier alpha value is -0.830. The molecule has 0 radical (unpaired) electrons. The molecule has 0 amide bonds. The molecule has 1 rings (SSSR count). The van der Waals surface area contributed by atoms with Crippen molar-refractivity contribution in [3.8, 4) is 0 Å². The molecule has 1 aromatic rings. The lowest BCUT2D eigenvalue weighted by molar-refractivity contribution is 1.09. The molecule has 0 unspecified atom stereocenters. The molecular weight excluding hydrogens is 126 g/mol. The summed E-state index contributed by atoms with van der Waals surface area (Å²) < 4.78 is 0. The second kappa shape index (κ2) is 1.96. The molecule has 0 aliphatic heterocycles. The van der Waals surface area contributed by atoms with Gasteiger partial charge in [0.2, 0.25) is 0 Å². The van der Waals surface area contributed by atoms with Crippen LogP contribution < -0.4 is 0 Å². The molecule has 3 nitrogen and oxygen atoms in total. The first kappa shape index (κ1) is 5.31. The van der Waals surface area contributed by atoms with Crippen molar-refractivity contribution in [1.29, 1.82) is 5.41 Å². The summed E-state index contributed by atoms with van der Waals surface area (Å²) in [5.74, 6) is 0. The fraction of sp³-hybridized carbons (Fsp3) is 0. The summed E-state index contributed by atoms with van der Waals surface area (Å²) in [7, 11) is 0. The topological polar surface area (TPSA) is 52.5 Å². The molecule has 1 heterocycles. The SMILES string of the molecule is N=C(Cl)c1cn[nH]c1. The Morgan fingerprint density at radius 1 is 1.88 bits per heavy atom. The fourth-order valence-electron chi connectivity index (χ4n) is 0.371. The first-order valence-electron chi connectivity index (χ1n) is 2.04. The van der Waals surface area contributed by atoms with Crippen molar-refractivity contribution in [2.75, 3.05) is 0 Å². The molecule has 1 aromatic heterocycles. The van der Waals surface area contributed by atoms with Gasteiger partial charge in [-0.25, -0.2) is 0 Å². The minimum absolute atomic E-state index is 0.0127. The van der Waals surface area contributed by atoms with E-state index < -0.39 is 0 Å². The molecule has 4 heteroatoms. The largest absolute Gasteiger partial charge is 0.289 e. The van der Waals surface area contributed by atoms with Crippen LogP contribution in [0.25, 0.3) is 0 Å². The van der Waals surface area contributed by atoms with E-state index in [4.69, 9.17) is 17.0 Å². The van der Waals surface area contributed by atoms with E-state index in [-0.39, 0.29) is 5.17 Å². The summed E-state index contributed by atoms with van der Waals surface area (Å²) in [5, 5.41) is 13.0. The van der Waals surface area contributed by atoms with Gasteiger partial charge in [0.05, 0.1) is 6.20 Å². The summed E-state index contributed by atoms with van der Waals surface area (Å²) >= 11 is 5.27. The van der Waals surface area contributed by atoms with Crippen molar-refractivity contribution < 1.29 is 0 Å². The van der Waals surface area contributed by atoms with Crippen molar-refractivity contribution in [2.24, 2.45) is 0 Å². The van der Waals surface area contributed by atoms with Crippen LogP contribution in [-0.2, 0) is 0 Å². The molecule has 0 saturated heterocycles. The lowest BCUT2D eigenvalue weighted by Crippen LogP contribution is -1.81. The summed E-state index contributed by atoms with van der Waals surface area (Å²) in [6, 6.07) is 0. The molecular formula is C4H4ClN3. The van der Waals surface area contributed by atoms with Gasteiger partial charge in [-0.15, -0.1) is 0 Å². The van der Waals surface area contributed by atoms with Crippen molar-refractivity contribution >= 4 is 16.8 Å². The van der Waals surface area contributed by atoms with Crippen molar-refractivity contribution in [3.63, 3.8) is 0 Å². The average Bonchev–Trinajstić information content (AvgIpc) is 2.12. The molecule has 0 saturated carbocycles. The van der Waals surface area contributed by atoms with Gasteiger partial charge >= 0.3 is 0 Å². The van der Waals surface area contributed by atoms with Crippen LogP contribution in [0.15, 0.2) is 12.4 Å². The normalized spacial score (nSPS) is 9.12. The highest BCUT2D eigenvalue weighted by Crippen LogP contribution is 1.97. The first-order chi connectivity index (χ1) is 3.80. The Labute approximate surface area is 51.2 Å². The summed E-state index contributed by atoms with van der Waals surface area (Å²) in [6.07, 6.45) is 3.06. The Kier molecular flexibility index (Phi) is 1.30. The zero-order valence-corrected chi connectivity index (χ0v) is 4.74. The molecule has 0 aliphatic rings. The van der Waals surface area contributed by atoms with Gasteiger partial charge in [-0.2, -0.15) is 5.10 Å². The van der Waals surface area contributed by atoms with E-state index in [2.05, 4.69) is 10.2 Å². The van der Waals surface area contributed by atoms with Gasteiger partial charge in [0, 0.05) is 11.8 Å². The number of nitrogens with zero attached hydrogens (tertiary/aromatic N) is 1. The van der Waals surface area contributed by atoms with E-state index >= 15 is 0 Å². The second-order valence-electron chi connectivity index (χ2n) is 1.30. The highest BCUT2D eigenvalue weighted by atomic mass is 35.5. The summed E-state index contributed by atoms with van der Waals surface area (Å²) in [6.45, 7) is 0. The van der Waals surface area contributed by atoms with Crippen molar-refractivity contribution in [1.82, 2.24) is 10.2 Å². The minimum atomic E-state index is 0.0127. The minimum Gasteiger partial charge on any atom is -0.289 e. The highest BCUT2D eigenvalue weighted by molar-refractivity contribution is 6.68. The van der Waals surface area contributed by atoms with E-state index in [1.165, 1.54) is 6.20 Å². The smallest absolute Gasteiger partial charge is 0.131 e. The molecule has 0 aromatic carbocycles. The van der Waals surface area contributed by atoms with Gasteiger partial charge < -0.3 is 0 Å². The number of hydrogen-bond donors (Lipinski definition) is 2. The van der Waals surface area contributed by atoms with Gasteiger partial charge in [0.15, 0.2) is 0 Å². The van der Waals surface area contributed by atoms with Gasteiger partial charge in [-0.3, -0.25) is 10.5 Å². The average molecular weight is 130 g/mol. The van der Waals surface area contributed by atoms with E-state index in [9.17, 15) is 0 Å². The first-order valence-corrected chi connectivity index (χ1v) is 2.41. The monoisotopic (exact) mass is 129 g/mol. The third kappa shape index (κ3) is 0.869. The van der Waals surface area contributed by atoms with Crippen LogP contribution in [0.1, 0.15) is 5.56 Å². The van der Waals surface area contributed by atoms with Crippen LogP contribution in [0, 0.1) is 5.41 Å². The Morgan fingerprint density at radius 3 is 2.88 bits per heavy atom. The number of aromatic amines is 1. The van der Waals surface area contributed by atoms with Crippen LogP contribution in [0.3, 0.4) is 0 Å². The third-order valence-electron chi connectivity index (χ3n) is 0.752. The lowest BCUT2D eigenvalue weighted by Gasteiger charge is -1.79. The lowest BCUT2D eigenvalue weighted by atomic mass is 10.4. The molecule has 0 bridgehead atoms. The Bertz CT molecular complexity index is 179. The Balaban J connectivity index is 2.93. The van der Waals surface area contributed by atoms with E-state index in [1.54, 1.807) is 6.20 Å². The molecule has 0 aliphatic carbocycles. The van der Waals surface area contributed by atoms with Gasteiger partial charge in [0.25, 0.3) is 0 Å². The van der Waals surface area contributed by atoms with Crippen LogP contribution in [0.2, 0.25) is 0 Å². The molecule has 0 atom stereocenters. The van der Waals surface area contributed by atoms with Gasteiger partial charge in [-0.1, -0.05) is 11.6 Å². The number of nitrogens with one attached hydrogen (secondary N) is 2. The van der Waals surface area contributed by atoms with Crippen molar-refractivity contribution in [3.05, 3.63) is 18.0 Å². The summed E-state index contributed by atoms with van der Waals surface area (Å²) in [5.41, 5.74) is 0.617. The number of halogens is 1. The quantitative estimate of drug-likeness (QED) is 0.546. The highest BCUT2D eigenvalue weighted by Gasteiger charge is 1.94. The van der Waals surface area contributed by atoms with Crippen LogP contribution in [-0.4, -0.2) is 15.4 Å². The summed E-state index contributed by atoms with van der Waals surface area (Å²) in [4.78, 5) is 0. The number of hydrogen-bond acceptors (Lipinski definition) is 2. The maximum atomic E-state index is 6.86. The maximum absolute atomic E-state index is 6.86. The van der Waals surface area contributed by atoms with Crippen LogP contribution >= 0.6 is 11.6 Å². The number of rotatable bonds is 1. The Morgan fingerprint density at radius 2 is 2.62 bits per heavy atom. The molecule has 2 N–H and O–H groups in total. The molecule has 42 valence electrons. The van der Waals surface area contributed by atoms with Gasteiger partial charge in [0.1, 0.15) is 5.17 Å². The zero-order valence-electron chi connectivity index (χ0n) is 3.98. The molecule has 8 heavy (non-hydrogen) atoms. The number of H-pyrrole nitrogens is 1. The maximum Gasteiger partial charge on any atom is 0.131 e. The van der Waals surface area contributed by atoms with Crippen molar-refractivity contribution in [2.45, 2.75) is 0 Å². The number of aromatic nitrogens is 2.